The predicted octanol–water partition coefficient (Wildman–Crippen LogP) is 5.12. The van der Waals surface area contributed by atoms with Gasteiger partial charge in [0.15, 0.2) is 0 Å². The molecule has 0 spiro atoms. The van der Waals surface area contributed by atoms with Gasteiger partial charge in [0.05, 0.1) is 12.3 Å². The Morgan fingerprint density at radius 2 is 1.87 bits per heavy atom. The van der Waals surface area contributed by atoms with Gasteiger partial charge in [0.1, 0.15) is 10.8 Å². The van der Waals surface area contributed by atoms with Gasteiger partial charge in [-0.25, -0.2) is 0 Å². The lowest BCUT2D eigenvalue weighted by Crippen LogP contribution is -1.98. The molecule has 114 valence electrons. The summed E-state index contributed by atoms with van der Waals surface area (Å²) in [6.45, 7) is 2.68. The van der Waals surface area contributed by atoms with E-state index in [1.807, 2.05) is 43.3 Å². The summed E-state index contributed by atoms with van der Waals surface area (Å²) in [5.74, 6) is 0.936. The third-order valence-electron chi connectivity index (χ3n) is 3.76. The lowest BCUT2D eigenvalue weighted by atomic mass is 10.0. The predicted molar refractivity (Wildman–Crippen MR) is 97.6 cm³/mol. The van der Waals surface area contributed by atoms with Crippen LogP contribution in [0, 0.1) is 0 Å². The summed E-state index contributed by atoms with van der Waals surface area (Å²) in [5, 5.41) is 7.97. The Morgan fingerprint density at radius 3 is 2.70 bits per heavy atom. The third kappa shape index (κ3) is 2.55. The van der Waals surface area contributed by atoms with E-state index in [0.29, 0.717) is 6.61 Å². The molecule has 0 unspecified atom stereocenters. The maximum Gasteiger partial charge on any atom is 0.129 e. The van der Waals surface area contributed by atoms with E-state index in [1.165, 1.54) is 10.3 Å². The van der Waals surface area contributed by atoms with Gasteiger partial charge in [0.25, 0.3) is 0 Å². The molecule has 23 heavy (non-hydrogen) atoms. The van der Waals surface area contributed by atoms with E-state index in [-0.39, 0.29) is 0 Å². The van der Waals surface area contributed by atoms with Crippen molar-refractivity contribution in [2.24, 2.45) is 5.10 Å². The minimum atomic E-state index is 0.669. The Labute approximate surface area is 139 Å². The van der Waals surface area contributed by atoms with Crippen molar-refractivity contribution in [3.8, 4) is 5.75 Å². The molecule has 3 aromatic carbocycles. The zero-order chi connectivity index (χ0) is 15.6. The molecule has 1 aliphatic heterocycles. The van der Waals surface area contributed by atoms with Crippen molar-refractivity contribution in [1.29, 1.82) is 0 Å². The van der Waals surface area contributed by atoms with Crippen molar-refractivity contribution in [3.63, 3.8) is 0 Å². The number of para-hydroxylation sites is 1. The minimum Gasteiger partial charge on any atom is -0.493 e. The second-order valence-corrected chi connectivity index (χ2v) is 6.25. The van der Waals surface area contributed by atoms with Crippen molar-refractivity contribution < 1.29 is 4.74 Å². The fourth-order valence-corrected chi connectivity index (χ4v) is 3.81. The normalized spacial score (nSPS) is 14.4. The minimum absolute atomic E-state index is 0.669. The highest BCUT2D eigenvalue weighted by atomic mass is 32.2. The van der Waals surface area contributed by atoms with E-state index in [2.05, 4.69) is 34.8 Å². The number of benzene rings is 3. The highest BCUT2D eigenvalue weighted by Gasteiger charge is 2.23. The quantitative estimate of drug-likeness (QED) is 0.678. The van der Waals surface area contributed by atoms with E-state index in [9.17, 15) is 0 Å². The average Bonchev–Trinajstić information content (AvgIpc) is 2.96. The van der Waals surface area contributed by atoms with E-state index >= 15 is 0 Å². The lowest BCUT2D eigenvalue weighted by molar-refractivity contribution is 0.344. The molecule has 0 amide bonds. The first-order chi connectivity index (χ1) is 11.4. The van der Waals surface area contributed by atoms with Crippen molar-refractivity contribution in [3.05, 3.63) is 66.2 Å². The number of thioether (sulfide) groups is 1. The number of hydrogen-bond donors (Lipinski definition) is 1. The van der Waals surface area contributed by atoms with Crippen LogP contribution in [0.3, 0.4) is 0 Å². The SMILES string of the molecule is CCOc1ccc2c3c(cccc13)SC2=NNc1ccccc1. The average molecular weight is 320 g/mol. The monoisotopic (exact) mass is 320 g/mol. The first kappa shape index (κ1) is 14.2. The Balaban J connectivity index is 1.75. The molecule has 0 aliphatic carbocycles. The summed E-state index contributed by atoms with van der Waals surface area (Å²) >= 11 is 1.69. The van der Waals surface area contributed by atoms with Gasteiger partial charge in [0, 0.05) is 21.2 Å². The van der Waals surface area contributed by atoms with Crippen LogP contribution in [-0.4, -0.2) is 11.7 Å². The Kier molecular flexibility index (Phi) is 3.67. The van der Waals surface area contributed by atoms with Crippen molar-refractivity contribution in [2.75, 3.05) is 12.0 Å². The Morgan fingerprint density at radius 1 is 1.00 bits per heavy atom. The van der Waals surface area contributed by atoms with Crippen molar-refractivity contribution in [2.45, 2.75) is 11.8 Å². The van der Waals surface area contributed by atoms with Crippen LogP contribution in [0.15, 0.2) is 70.7 Å². The molecular weight excluding hydrogens is 304 g/mol. The highest BCUT2D eigenvalue weighted by molar-refractivity contribution is 8.15. The summed E-state index contributed by atoms with van der Waals surface area (Å²) in [7, 11) is 0. The van der Waals surface area contributed by atoms with Crippen molar-refractivity contribution in [1.82, 2.24) is 0 Å². The second kappa shape index (κ2) is 5.97. The molecule has 4 heteroatoms. The molecule has 1 aliphatic rings. The summed E-state index contributed by atoms with van der Waals surface area (Å²) in [6, 6.07) is 20.5. The molecule has 0 atom stereocenters. The molecule has 0 radical (unpaired) electrons. The first-order valence-corrected chi connectivity index (χ1v) is 8.44. The van der Waals surface area contributed by atoms with Gasteiger partial charge in [-0.15, -0.1) is 0 Å². The van der Waals surface area contributed by atoms with Crippen LogP contribution in [-0.2, 0) is 0 Å². The van der Waals surface area contributed by atoms with Gasteiger partial charge in [-0.2, -0.15) is 5.10 Å². The molecule has 0 aromatic heterocycles. The fraction of sp³-hybridized carbons (Fsp3) is 0.105. The first-order valence-electron chi connectivity index (χ1n) is 7.62. The van der Waals surface area contributed by atoms with Crippen LogP contribution < -0.4 is 10.2 Å². The largest absolute Gasteiger partial charge is 0.493 e. The lowest BCUT2D eigenvalue weighted by Gasteiger charge is -2.08. The zero-order valence-corrected chi connectivity index (χ0v) is 13.6. The number of rotatable bonds is 4. The van der Waals surface area contributed by atoms with E-state index < -0.39 is 0 Å². The molecule has 0 bridgehead atoms. The third-order valence-corrected chi connectivity index (χ3v) is 4.82. The van der Waals surface area contributed by atoms with Gasteiger partial charge in [-0.05, 0) is 37.3 Å². The summed E-state index contributed by atoms with van der Waals surface area (Å²) in [6.07, 6.45) is 0. The smallest absolute Gasteiger partial charge is 0.129 e. The molecule has 3 aromatic rings. The van der Waals surface area contributed by atoms with Gasteiger partial charge < -0.3 is 4.74 Å². The summed E-state index contributed by atoms with van der Waals surface area (Å²) < 4.78 is 5.76. The summed E-state index contributed by atoms with van der Waals surface area (Å²) in [4.78, 5) is 1.23. The molecule has 3 nitrogen and oxygen atoms in total. The maximum atomic E-state index is 5.76. The molecule has 1 heterocycles. The number of hydrogen-bond acceptors (Lipinski definition) is 4. The molecule has 0 saturated heterocycles. The van der Waals surface area contributed by atoms with Crippen LogP contribution in [0.1, 0.15) is 12.5 Å². The Bertz CT molecular complexity index is 891. The number of hydrazone groups is 1. The number of nitrogens with one attached hydrogen (secondary N) is 1. The number of nitrogens with zero attached hydrogens (tertiary/aromatic N) is 1. The highest BCUT2D eigenvalue weighted by Crippen LogP contribution is 2.43. The van der Waals surface area contributed by atoms with Crippen molar-refractivity contribution >= 4 is 33.3 Å². The van der Waals surface area contributed by atoms with Gasteiger partial charge >= 0.3 is 0 Å². The molecular formula is C19H16N2OS. The van der Waals surface area contributed by atoms with E-state index in [4.69, 9.17) is 4.74 Å². The van der Waals surface area contributed by atoms with E-state index in [1.54, 1.807) is 11.8 Å². The van der Waals surface area contributed by atoms with Gasteiger partial charge in [0.2, 0.25) is 0 Å². The topological polar surface area (TPSA) is 33.6 Å². The van der Waals surface area contributed by atoms with Crippen LogP contribution in [0.4, 0.5) is 5.69 Å². The summed E-state index contributed by atoms with van der Waals surface area (Å²) in [5.41, 5.74) is 5.28. The van der Waals surface area contributed by atoms with Gasteiger partial charge in [-0.1, -0.05) is 42.1 Å². The number of ether oxygens (including phenoxy) is 1. The number of anilines is 1. The van der Waals surface area contributed by atoms with E-state index in [0.717, 1.165) is 27.4 Å². The second-order valence-electron chi connectivity index (χ2n) is 5.22. The molecule has 0 saturated carbocycles. The standard InChI is InChI=1S/C19H16N2OS/c1-2-22-16-12-11-15-18-14(16)9-6-10-17(18)23-19(15)21-20-13-7-4-3-5-8-13/h3-12,20H,2H2,1H3. The molecule has 1 N–H and O–H groups in total. The molecule has 4 rings (SSSR count). The maximum absolute atomic E-state index is 5.76. The molecule has 0 fully saturated rings. The van der Waals surface area contributed by atoms with Crippen LogP contribution in [0.2, 0.25) is 0 Å². The Hall–Kier alpha value is -2.46. The van der Waals surface area contributed by atoms with Crippen LogP contribution in [0.25, 0.3) is 10.8 Å². The fourth-order valence-electron chi connectivity index (χ4n) is 2.76. The zero-order valence-electron chi connectivity index (χ0n) is 12.7. The van der Waals surface area contributed by atoms with Crippen LogP contribution in [0.5, 0.6) is 5.75 Å². The van der Waals surface area contributed by atoms with Crippen LogP contribution >= 0.6 is 11.8 Å². The van der Waals surface area contributed by atoms with Gasteiger partial charge in [-0.3, -0.25) is 5.43 Å².